The van der Waals surface area contributed by atoms with Gasteiger partial charge < -0.3 is 0 Å². The largest absolute Gasteiger partial charge is 0.295 e. The van der Waals surface area contributed by atoms with Crippen molar-refractivity contribution >= 4 is 32.8 Å². The van der Waals surface area contributed by atoms with Gasteiger partial charge in [0.15, 0.2) is 5.78 Å². The van der Waals surface area contributed by atoms with E-state index in [1.165, 1.54) is 17.0 Å². The van der Waals surface area contributed by atoms with Gasteiger partial charge in [0.05, 0.1) is 16.1 Å². The Bertz CT molecular complexity index is 1360. The Morgan fingerprint density at radius 1 is 0.867 bits per heavy atom. The number of hydrogen-bond acceptors (Lipinski definition) is 3. The van der Waals surface area contributed by atoms with E-state index in [0.717, 1.165) is 22.1 Å². The lowest BCUT2D eigenvalue weighted by atomic mass is 10.0. The van der Waals surface area contributed by atoms with Crippen LogP contribution in [-0.4, -0.2) is 18.2 Å². The van der Waals surface area contributed by atoms with E-state index < -0.39 is 10.0 Å². The minimum absolute atomic E-state index is 0.154. The van der Waals surface area contributed by atoms with E-state index in [0.29, 0.717) is 11.2 Å². The van der Waals surface area contributed by atoms with Gasteiger partial charge >= 0.3 is 0 Å². The van der Waals surface area contributed by atoms with E-state index in [-0.39, 0.29) is 10.7 Å². The van der Waals surface area contributed by atoms with Crippen LogP contribution in [0.4, 0.5) is 0 Å². The SMILES string of the molecule is CC(=O)/C=C\c1c(-c2ccccc2)c2ccccc2n1S(=O)(=O)c1ccc(C)cc1. The molecule has 4 rings (SSSR count). The quantitative estimate of drug-likeness (QED) is 0.407. The number of para-hydroxylation sites is 1. The van der Waals surface area contributed by atoms with Crippen LogP contribution in [0.15, 0.2) is 89.8 Å². The Hall–Kier alpha value is -3.44. The van der Waals surface area contributed by atoms with E-state index in [9.17, 15) is 13.2 Å². The van der Waals surface area contributed by atoms with E-state index in [4.69, 9.17) is 0 Å². The molecule has 1 heterocycles. The highest BCUT2D eigenvalue weighted by Gasteiger charge is 2.26. The molecule has 5 heteroatoms. The van der Waals surface area contributed by atoms with E-state index in [1.54, 1.807) is 36.4 Å². The van der Waals surface area contributed by atoms with Crippen molar-refractivity contribution in [1.82, 2.24) is 3.97 Å². The molecular formula is C25H21NO3S. The Morgan fingerprint density at radius 3 is 2.17 bits per heavy atom. The number of nitrogens with zero attached hydrogens (tertiary/aromatic N) is 1. The molecule has 0 atom stereocenters. The van der Waals surface area contributed by atoms with Gasteiger partial charge in [-0.05, 0) is 49.8 Å². The first-order chi connectivity index (χ1) is 14.4. The lowest BCUT2D eigenvalue weighted by Gasteiger charge is -2.11. The zero-order chi connectivity index (χ0) is 21.3. The maximum absolute atomic E-state index is 13.7. The minimum atomic E-state index is -3.89. The zero-order valence-electron chi connectivity index (χ0n) is 16.7. The highest BCUT2D eigenvalue weighted by molar-refractivity contribution is 7.90. The fraction of sp³-hybridized carbons (Fsp3) is 0.0800. The van der Waals surface area contributed by atoms with Crippen LogP contribution in [0.1, 0.15) is 18.2 Å². The Balaban J connectivity index is 2.12. The molecule has 1 aromatic heterocycles. The van der Waals surface area contributed by atoms with Gasteiger partial charge in [0.1, 0.15) is 0 Å². The van der Waals surface area contributed by atoms with Crippen LogP contribution < -0.4 is 0 Å². The molecule has 0 bridgehead atoms. The van der Waals surface area contributed by atoms with Crippen LogP contribution in [0.3, 0.4) is 0 Å². The molecule has 30 heavy (non-hydrogen) atoms. The van der Waals surface area contributed by atoms with E-state index in [1.807, 2.05) is 55.5 Å². The third-order valence-electron chi connectivity index (χ3n) is 4.96. The predicted molar refractivity (Wildman–Crippen MR) is 121 cm³/mol. The van der Waals surface area contributed by atoms with Crippen molar-refractivity contribution in [1.29, 1.82) is 0 Å². The molecule has 0 spiro atoms. The molecule has 0 fully saturated rings. The smallest absolute Gasteiger partial charge is 0.268 e. The Morgan fingerprint density at radius 2 is 1.50 bits per heavy atom. The molecule has 3 aromatic carbocycles. The average molecular weight is 416 g/mol. The summed E-state index contributed by atoms with van der Waals surface area (Å²) in [6.45, 7) is 3.36. The van der Waals surface area contributed by atoms with Gasteiger partial charge in [-0.1, -0.05) is 66.2 Å². The van der Waals surface area contributed by atoms with Crippen molar-refractivity contribution < 1.29 is 13.2 Å². The number of aromatic nitrogens is 1. The molecule has 0 saturated heterocycles. The lowest BCUT2D eigenvalue weighted by Crippen LogP contribution is -2.14. The number of hydrogen-bond donors (Lipinski definition) is 0. The van der Waals surface area contributed by atoms with Crippen molar-refractivity contribution in [2.45, 2.75) is 18.7 Å². The number of allylic oxidation sites excluding steroid dienone is 1. The molecule has 0 aliphatic rings. The standard InChI is InChI=1S/C25H21NO3S/c1-18-12-15-21(16-13-18)30(28,29)26-23-11-7-6-10-22(23)25(20-8-4-3-5-9-20)24(26)17-14-19(2)27/h3-17H,1-2H3/b17-14-. The number of ketones is 1. The maximum atomic E-state index is 13.7. The van der Waals surface area contributed by atoms with Crippen molar-refractivity contribution in [2.24, 2.45) is 0 Å². The summed E-state index contributed by atoms with van der Waals surface area (Å²) in [4.78, 5) is 11.9. The van der Waals surface area contributed by atoms with Gasteiger partial charge in [-0.25, -0.2) is 12.4 Å². The summed E-state index contributed by atoms with van der Waals surface area (Å²) in [5.74, 6) is -0.154. The number of aryl methyl sites for hydroxylation is 1. The fourth-order valence-corrected chi connectivity index (χ4v) is 5.08. The molecule has 0 amide bonds. The molecule has 0 saturated carbocycles. The van der Waals surface area contributed by atoms with Crippen LogP contribution in [-0.2, 0) is 14.8 Å². The van der Waals surface area contributed by atoms with Crippen molar-refractivity contribution in [3.05, 3.63) is 96.2 Å². The second kappa shape index (κ2) is 7.76. The molecular weight excluding hydrogens is 394 g/mol. The number of rotatable bonds is 5. The molecule has 0 N–H and O–H groups in total. The van der Waals surface area contributed by atoms with Crippen molar-refractivity contribution in [3.8, 4) is 11.1 Å². The Kier molecular flexibility index (Phi) is 5.14. The summed E-state index contributed by atoms with van der Waals surface area (Å²) in [5, 5.41) is 0.808. The minimum Gasteiger partial charge on any atom is -0.295 e. The second-order valence-corrected chi connectivity index (χ2v) is 8.96. The summed E-state index contributed by atoms with van der Waals surface area (Å²) < 4.78 is 28.8. The number of fused-ring (bicyclic) bond motifs is 1. The second-order valence-electron chi connectivity index (χ2n) is 7.17. The van der Waals surface area contributed by atoms with E-state index >= 15 is 0 Å². The van der Waals surface area contributed by atoms with Gasteiger partial charge in [0.25, 0.3) is 10.0 Å². The molecule has 0 radical (unpaired) electrons. The lowest BCUT2D eigenvalue weighted by molar-refractivity contribution is -0.112. The summed E-state index contributed by atoms with van der Waals surface area (Å²) in [6.07, 6.45) is 3.00. The summed E-state index contributed by atoms with van der Waals surface area (Å²) in [6, 6.07) is 23.8. The van der Waals surface area contributed by atoms with Gasteiger partial charge in [0.2, 0.25) is 0 Å². The van der Waals surface area contributed by atoms with Crippen LogP contribution in [0.5, 0.6) is 0 Å². The number of benzene rings is 3. The van der Waals surface area contributed by atoms with Crippen LogP contribution in [0.25, 0.3) is 28.1 Å². The van der Waals surface area contributed by atoms with Gasteiger partial charge in [-0.3, -0.25) is 4.79 Å². The highest BCUT2D eigenvalue weighted by Crippen LogP contribution is 2.38. The first kappa shape index (κ1) is 19.9. The molecule has 4 aromatic rings. The summed E-state index contributed by atoms with van der Waals surface area (Å²) >= 11 is 0. The number of carbonyl (C=O) groups is 1. The topological polar surface area (TPSA) is 56.1 Å². The van der Waals surface area contributed by atoms with Gasteiger partial charge in [0, 0.05) is 10.9 Å². The average Bonchev–Trinajstić information content (AvgIpc) is 3.08. The first-order valence-electron chi connectivity index (χ1n) is 9.59. The van der Waals surface area contributed by atoms with Crippen molar-refractivity contribution in [2.75, 3.05) is 0 Å². The Labute approximate surface area is 176 Å². The highest BCUT2D eigenvalue weighted by atomic mass is 32.2. The third kappa shape index (κ3) is 3.48. The molecule has 0 aliphatic heterocycles. The summed E-state index contributed by atoms with van der Waals surface area (Å²) in [7, 11) is -3.89. The van der Waals surface area contributed by atoms with Gasteiger partial charge in [-0.2, -0.15) is 0 Å². The molecule has 4 nitrogen and oxygen atoms in total. The predicted octanol–water partition coefficient (Wildman–Crippen LogP) is 5.46. The third-order valence-corrected chi connectivity index (χ3v) is 6.71. The molecule has 0 aliphatic carbocycles. The van der Waals surface area contributed by atoms with Crippen molar-refractivity contribution in [3.63, 3.8) is 0 Å². The summed E-state index contributed by atoms with van der Waals surface area (Å²) in [5.41, 5.74) is 3.67. The van der Waals surface area contributed by atoms with Crippen LogP contribution in [0, 0.1) is 6.92 Å². The monoisotopic (exact) mass is 415 g/mol. The molecule has 0 unspecified atom stereocenters. The molecule has 150 valence electrons. The zero-order valence-corrected chi connectivity index (χ0v) is 17.6. The van der Waals surface area contributed by atoms with Crippen LogP contribution in [0.2, 0.25) is 0 Å². The fourth-order valence-electron chi connectivity index (χ4n) is 3.56. The maximum Gasteiger partial charge on any atom is 0.268 e. The van der Waals surface area contributed by atoms with Crippen LogP contribution >= 0.6 is 0 Å². The normalized spacial score (nSPS) is 11.9. The number of carbonyl (C=O) groups excluding carboxylic acids is 1. The first-order valence-corrected chi connectivity index (χ1v) is 11.0. The van der Waals surface area contributed by atoms with Gasteiger partial charge in [-0.15, -0.1) is 0 Å². The van der Waals surface area contributed by atoms with E-state index in [2.05, 4.69) is 0 Å².